The number of aromatic amines is 1. The van der Waals surface area contributed by atoms with Crippen LogP contribution in [0.1, 0.15) is 17.0 Å². The number of H-pyrrole nitrogens is 1. The quantitative estimate of drug-likeness (QED) is 0.371. The third kappa shape index (κ3) is 3.34. The summed E-state index contributed by atoms with van der Waals surface area (Å²) in [5.41, 5.74) is 4.67. The highest BCUT2D eigenvalue weighted by atomic mass is 16.6. The second-order valence-electron chi connectivity index (χ2n) is 6.67. The lowest BCUT2D eigenvalue weighted by Crippen LogP contribution is -2.14. The van der Waals surface area contributed by atoms with Crippen LogP contribution in [0.15, 0.2) is 78.9 Å². The highest BCUT2D eigenvalue weighted by Gasteiger charge is 2.27. The molecule has 0 bridgehead atoms. The van der Waals surface area contributed by atoms with E-state index in [9.17, 15) is 10.1 Å². The minimum Gasteiger partial charge on any atom is -0.497 e. The van der Waals surface area contributed by atoms with Crippen LogP contribution in [0.2, 0.25) is 0 Å². The summed E-state index contributed by atoms with van der Waals surface area (Å²) in [5, 5.41) is 12.5. The third-order valence-electron chi connectivity index (χ3n) is 4.99. The van der Waals surface area contributed by atoms with Crippen LogP contribution in [-0.2, 0) is 0 Å². The van der Waals surface area contributed by atoms with Crippen molar-refractivity contribution in [3.05, 3.63) is 100 Å². The molecular formula is C23H20N2O3. The van der Waals surface area contributed by atoms with E-state index >= 15 is 0 Å². The topological polar surface area (TPSA) is 68.2 Å². The van der Waals surface area contributed by atoms with Crippen LogP contribution in [0.4, 0.5) is 0 Å². The highest BCUT2D eigenvalue weighted by molar-refractivity contribution is 5.93. The molecule has 0 radical (unpaired) electrons. The molecule has 0 fully saturated rings. The third-order valence-corrected chi connectivity index (χ3v) is 4.99. The number of rotatable bonds is 6. The Kier molecular flexibility index (Phi) is 4.81. The van der Waals surface area contributed by atoms with E-state index in [1.54, 1.807) is 7.11 Å². The summed E-state index contributed by atoms with van der Waals surface area (Å²) in [4.78, 5) is 14.8. The van der Waals surface area contributed by atoms with Gasteiger partial charge < -0.3 is 9.72 Å². The SMILES string of the molecule is COc1ccc2[nH]c(-c3ccccc3)c([C@H](C[N+](=O)[O-])c3ccccc3)c2c1. The largest absolute Gasteiger partial charge is 0.497 e. The van der Waals surface area contributed by atoms with Crippen LogP contribution in [-0.4, -0.2) is 23.6 Å². The average molecular weight is 372 g/mol. The number of fused-ring (bicyclic) bond motifs is 1. The van der Waals surface area contributed by atoms with Gasteiger partial charge in [0.15, 0.2) is 0 Å². The summed E-state index contributed by atoms with van der Waals surface area (Å²) in [5.74, 6) is 0.340. The summed E-state index contributed by atoms with van der Waals surface area (Å²) >= 11 is 0. The minimum absolute atomic E-state index is 0.186. The lowest BCUT2D eigenvalue weighted by molar-refractivity contribution is -0.481. The number of hydrogen-bond acceptors (Lipinski definition) is 3. The van der Waals surface area contributed by atoms with Crippen molar-refractivity contribution in [2.45, 2.75) is 5.92 Å². The number of methoxy groups -OCH3 is 1. The number of nitrogens with one attached hydrogen (secondary N) is 1. The van der Waals surface area contributed by atoms with Gasteiger partial charge in [-0.05, 0) is 34.9 Å². The smallest absolute Gasteiger partial charge is 0.214 e. The van der Waals surface area contributed by atoms with E-state index in [1.165, 1.54) is 0 Å². The average Bonchev–Trinajstić information content (AvgIpc) is 3.11. The normalized spacial score (nSPS) is 12.0. The van der Waals surface area contributed by atoms with Crippen molar-refractivity contribution in [1.82, 2.24) is 4.98 Å². The van der Waals surface area contributed by atoms with Gasteiger partial charge in [-0.2, -0.15) is 0 Å². The van der Waals surface area contributed by atoms with Gasteiger partial charge in [0.05, 0.1) is 18.7 Å². The van der Waals surface area contributed by atoms with Gasteiger partial charge in [-0.15, -0.1) is 0 Å². The molecule has 140 valence electrons. The first-order chi connectivity index (χ1) is 13.7. The fourth-order valence-corrected chi connectivity index (χ4v) is 3.71. The van der Waals surface area contributed by atoms with E-state index in [2.05, 4.69) is 4.98 Å². The number of nitro groups is 1. The van der Waals surface area contributed by atoms with E-state index < -0.39 is 0 Å². The first-order valence-corrected chi connectivity index (χ1v) is 9.09. The molecule has 0 saturated carbocycles. The van der Waals surface area contributed by atoms with E-state index in [1.807, 2.05) is 78.9 Å². The number of benzene rings is 3. The van der Waals surface area contributed by atoms with Crippen LogP contribution in [0.3, 0.4) is 0 Å². The van der Waals surface area contributed by atoms with Gasteiger partial charge in [-0.3, -0.25) is 10.1 Å². The Hall–Kier alpha value is -3.60. The lowest BCUT2D eigenvalue weighted by Gasteiger charge is -2.16. The van der Waals surface area contributed by atoms with Crippen molar-refractivity contribution >= 4 is 10.9 Å². The van der Waals surface area contributed by atoms with Crippen molar-refractivity contribution in [2.24, 2.45) is 0 Å². The molecule has 0 spiro atoms. The number of ether oxygens (including phenoxy) is 1. The number of hydrogen-bond donors (Lipinski definition) is 1. The maximum atomic E-state index is 11.6. The first-order valence-electron chi connectivity index (χ1n) is 9.09. The molecule has 0 unspecified atom stereocenters. The van der Waals surface area contributed by atoms with Crippen LogP contribution in [0.5, 0.6) is 5.75 Å². The maximum Gasteiger partial charge on any atom is 0.214 e. The standard InChI is InChI=1S/C23H20N2O3/c1-28-18-12-13-21-19(14-18)22(23(24-21)17-10-6-3-7-11-17)20(15-25(26)27)16-8-4-2-5-9-16/h2-14,20,24H,15H2,1H3/t20-/m1/s1. The van der Waals surface area contributed by atoms with Crippen LogP contribution >= 0.6 is 0 Å². The molecule has 1 aromatic heterocycles. The van der Waals surface area contributed by atoms with E-state index in [4.69, 9.17) is 4.74 Å². The Labute approximate surface area is 162 Å². The summed E-state index contributed by atoms with van der Waals surface area (Å²) in [6.07, 6.45) is 0. The first kappa shape index (κ1) is 17.8. The maximum absolute atomic E-state index is 11.6. The molecule has 0 saturated heterocycles. The van der Waals surface area contributed by atoms with Gasteiger partial charge in [0.25, 0.3) is 0 Å². The zero-order valence-electron chi connectivity index (χ0n) is 15.5. The molecule has 5 nitrogen and oxygen atoms in total. The second-order valence-corrected chi connectivity index (χ2v) is 6.67. The molecule has 0 aliphatic carbocycles. The van der Waals surface area contributed by atoms with Crippen LogP contribution in [0.25, 0.3) is 22.2 Å². The summed E-state index contributed by atoms with van der Waals surface area (Å²) < 4.78 is 5.41. The van der Waals surface area contributed by atoms with Crippen molar-refractivity contribution in [3.8, 4) is 17.0 Å². The van der Waals surface area contributed by atoms with Crippen molar-refractivity contribution in [3.63, 3.8) is 0 Å². The van der Waals surface area contributed by atoms with Gasteiger partial charge in [0, 0.05) is 15.8 Å². The molecule has 3 aromatic carbocycles. The van der Waals surface area contributed by atoms with E-state index in [-0.39, 0.29) is 17.4 Å². The Morgan fingerprint density at radius 2 is 1.68 bits per heavy atom. The van der Waals surface area contributed by atoms with Crippen molar-refractivity contribution < 1.29 is 9.66 Å². The Balaban J connectivity index is 2.02. The molecule has 5 heteroatoms. The summed E-state index contributed by atoms with van der Waals surface area (Å²) in [6.45, 7) is -0.186. The monoisotopic (exact) mass is 372 g/mol. The Morgan fingerprint density at radius 3 is 2.32 bits per heavy atom. The molecule has 1 heterocycles. The second kappa shape index (κ2) is 7.56. The van der Waals surface area contributed by atoms with Gasteiger partial charge in [-0.1, -0.05) is 60.7 Å². The molecule has 4 rings (SSSR count). The highest BCUT2D eigenvalue weighted by Crippen LogP contribution is 2.40. The lowest BCUT2D eigenvalue weighted by atomic mass is 9.87. The van der Waals surface area contributed by atoms with Gasteiger partial charge in [0.2, 0.25) is 6.54 Å². The zero-order chi connectivity index (χ0) is 19.5. The van der Waals surface area contributed by atoms with Gasteiger partial charge in [0.1, 0.15) is 5.75 Å². The zero-order valence-corrected chi connectivity index (χ0v) is 15.5. The number of aromatic nitrogens is 1. The Bertz CT molecular complexity index is 1100. The predicted molar refractivity (Wildman–Crippen MR) is 110 cm³/mol. The minimum atomic E-state index is -0.382. The fraction of sp³-hybridized carbons (Fsp3) is 0.130. The molecule has 1 N–H and O–H groups in total. The molecule has 1 atom stereocenters. The molecule has 0 aliphatic heterocycles. The fourth-order valence-electron chi connectivity index (χ4n) is 3.71. The van der Waals surface area contributed by atoms with Crippen molar-refractivity contribution in [2.75, 3.05) is 13.7 Å². The molecule has 28 heavy (non-hydrogen) atoms. The molecular weight excluding hydrogens is 352 g/mol. The molecule has 0 amide bonds. The number of nitrogens with zero attached hydrogens (tertiary/aromatic N) is 1. The Morgan fingerprint density at radius 1 is 1.00 bits per heavy atom. The van der Waals surface area contributed by atoms with Crippen LogP contribution in [0, 0.1) is 10.1 Å². The predicted octanol–water partition coefficient (Wildman–Crippen LogP) is 5.25. The van der Waals surface area contributed by atoms with Gasteiger partial charge in [-0.25, -0.2) is 0 Å². The summed E-state index contributed by atoms with van der Waals surface area (Å²) in [7, 11) is 1.62. The van der Waals surface area contributed by atoms with Gasteiger partial charge >= 0.3 is 0 Å². The van der Waals surface area contributed by atoms with Crippen molar-refractivity contribution in [1.29, 1.82) is 0 Å². The van der Waals surface area contributed by atoms with Crippen LogP contribution < -0.4 is 4.74 Å². The summed E-state index contributed by atoms with van der Waals surface area (Å²) in [6, 6.07) is 25.4. The molecule has 4 aromatic rings. The van der Waals surface area contributed by atoms with E-state index in [0.717, 1.165) is 39.0 Å². The molecule has 0 aliphatic rings. The van der Waals surface area contributed by atoms with E-state index in [0.29, 0.717) is 0 Å².